The first-order valence-corrected chi connectivity index (χ1v) is 6.05. The third-order valence-corrected chi connectivity index (χ3v) is 2.98. The average Bonchev–Trinajstić information content (AvgIpc) is 2.67. The molecular weight excluding hydrogens is 340 g/mol. The summed E-state index contributed by atoms with van der Waals surface area (Å²) in [6, 6.07) is 5.74. The SMILES string of the molecule is CNCc1nnnn1-c1ccc(I)cc1Cl. The molecule has 1 aromatic heterocycles. The van der Waals surface area contributed by atoms with Gasteiger partial charge >= 0.3 is 0 Å². The van der Waals surface area contributed by atoms with Gasteiger partial charge in [-0.3, -0.25) is 0 Å². The van der Waals surface area contributed by atoms with Crippen molar-refractivity contribution in [3.8, 4) is 5.69 Å². The second-order valence-corrected chi connectivity index (χ2v) is 4.79. The third kappa shape index (κ3) is 2.33. The van der Waals surface area contributed by atoms with E-state index in [1.165, 1.54) is 0 Å². The highest BCUT2D eigenvalue weighted by atomic mass is 127. The van der Waals surface area contributed by atoms with Gasteiger partial charge < -0.3 is 5.32 Å². The molecule has 0 saturated carbocycles. The molecule has 7 heteroatoms. The van der Waals surface area contributed by atoms with Crippen LogP contribution in [0.25, 0.3) is 5.69 Å². The Labute approximate surface area is 111 Å². The van der Waals surface area contributed by atoms with Crippen LogP contribution in [0.4, 0.5) is 0 Å². The first-order chi connectivity index (χ1) is 7.72. The molecular formula is C9H9ClIN5. The molecule has 1 heterocycles. The molecule has 0 aliphatic rings. The fourth-order valence-corrected chi connectivity index (χ4v) is 2.25. The van der Waals surface area contributed by atoms with Crippen LogP contribution in [0.3, 0.4) is 0 Å². The van der Waals surface area contributed by atoms with Gasteiger partial charge in [-0.05, 0) is 58.3 Å². The van der Waals surface area contributed by atoms with Crippen molar-refractivity contribution < 1.29 is 0 Å². The quantitative estimate of drug-likeness (QED) is 0.856. The number of nitrogens with one attached hydrogen (secondary N) is 1. The molecule has 0 amide bonds. The number of tetrazole rings is 1. The lowest BCUT2D eigenvalue weighted by Crippen LogP contribution is -2.12. The fourth-order valence-electron chi connectivity index (χ4n) is 1.31. The van der Waals surface area contributed by atoms with Crippen molar-refractivity contribution in [1.82, 2.24) is 25.5 Å². The number of halogens is 2. The van der Waals surface area contributed by atoms with Gasteiger partial charge in [-0.15, -0.1) is 5.10 Å². The largest absolute Gasteiger partial charge is 0.313 e. The van der Waals surface area contributed by atoms with Crippen molar-refractivity contribution in [3.05, 3.63) is 32.6 Å². The second-order valence-electron chi connectivity index (χ2n) is 3.13. The van der Waals surface area contributed by atoms with E-state index in [0.29, 0.717) is 11.6 Å². The normalized spacial score (nSPS) is 10.7. The third-order valence-electron chi connectivity index (χ3n) is 2.01. The number of benzene rings is 1. The number of hydrogen-bond donors (Lipinski definition) is 1. The molecule has 2 aromatic rings. The van der Waals surface area contributed by atoms with Gasteiger partial charge in [0.15, 0.2) is 5.82 Å². The van der Waals surface area contributed by atoms with Crippen LogP contribution in [0.2, 0.25) is 5.02 Å². The minimum Gasteiger partial charge on any atom is -0.313 e. The van der Waals surface area contributed by atoms with E-state index in [2.05, 4.69) is 43.4 Å². The Morgan fingerprint density at radius 3 is 3.00 bits per heavy atom. The van der Waals surface area contributed by atoms with E-state index in [-0.39, 0.29) is 0 Å². The molecule has 0 spiro atoms. The standard InChI is InChI=1S/C9H9ClIN5/c1-12-5-9-13-14-15-16(9)8-3-2-6(11)4-7(8)10/h2-4,12H,5H2,1H3. The molecule has 84 valence electrons. The summed E-state index contributed by atoms with van der Waals surface area (Å²) in [5.41, 5.74) is 0.789. The number of hydrogen-bond acceptors (Lipinski definition) is 4. The van der Waals surface area contributed by atoms with Crippen molar-refractivity contribution >= 4 is 34.2 Å². The lowest BCUT2D eigenvalue weighted by Gasteiger charge is -2.06. The van der Waals surface area contributed by atoms with E-state index in [9.17, 15) is 0 Å². The van der Waals surface area contributed by atoms with Crippen molar-refractivity contribution in [3.63, 3.8) is 0 Å². The molecule has 0 fully saturated rings. The first-order valence-electron chi connectivity index (χ1n) is 4.59. The summed E-state index contributed by atoms with van der Waals surface area (Å²) in [6.07, 6.45) is 0. The summed E-state index contributed by atoms with van der Waals surface area (Å²) in [5.74, 6) is 0.727. The topological polar surface area (TPSA) is 55.6 Å². The zero-order valence-corrected chi connectivity index (χ0v) is 11.4. The van der Waals surface area contributed by atoms with Gasteiger partial charge in [-0.1, -0.05) is 11.6 Å². The molecule has 0 aliphatic carbocycles. The van der Waals surface area contributed by atoms with Crippen LogP contribution in [-0.2, 0) is 6.54 Å². The zero-order chi connectivity index (χ0) is 11.5. The van der Waals surface area contributed by atoms with Crippen LogP contribution >= 0.6 is 34.2 Å². The minimum atomic E-state index is 0.593. The smallest absolute Gasteiger partial charge is 0.170 e. The maximum atomic E-state index is 6.15. The van der Waals surface area contributed by atoms with E-state index < -0.39 is 0 Å². The Hall–Kier alpha value is -0.730. The molecule has 0 saturated heterocycles. The van der Waals surface area contributed by atoms with Gasteiger partial charge in [0.05, 0.1) is 17.3 Å². The van der Waals surface area contributed by atoms with Crippen LogP contribution in [0, 0.1) is 3.57 Å². The molecule has 2 rings (SSSR count). The van der Waals surface area contributed by atoms with Gasteiger partial charge in [-0.2, -0.15) is 4.68 Å². The minimum absolute atomic E-state index is 0.593. The molecule has 0 atom stereocenters. The summed E-state index contributed by atoms with van der Waals surface area (Å²) in [5, 5.41) is 15.1. The molecule has 16 heavy (non-hydrogen) atoms. The second kappa shape index (κ2) is 5.07. The molecule has 1 aromatic carbocycles. The lowest BCUT2D eigenvalue weighted by molar-refractivity contribution is 0.709. The van der Waals surface area contributed by atoms with E-state index >= 15 is 0 Å². The van der Waals surface area contributed by atoms with Gasteiger partial charge in [0, 0.05) is 3.57 Å². The maximum Gasteiger partial charge on any atom is 0.170 e. The Bertz CT molecular complexity index is 498. The lowest BCUT2D eigenvalue weighted by atomic mass is 10.3. The summed E-state index contributed by atoms with van der Waals surface area (Å²) >= 11 is 8.36. The zero-order valence-electron chi connectivity index (χ0n) is 8.48. The highest BCUT2D eigenvalue weighted by molar-refractivity contribution is 14.1. The average molecular weight is 350 g/mol. The molecule has 1 N–H and O–H groups in total. The van der Waals surface area contributed by atoms with Crippen molar-refractivity contribution in [2.45, 2.75) is 6.54 Å². The molecule has 0 radical (unpaired) electrons. The number of nitrogens with zero attached hydrogens (tertiary/aromatic N) is 4. The van der Waals surface area contributed by atoms with E-state index in [1.807, 2.05) is 25.2 Å². The van der Waals surface area contributed by atoms with E-state index in [4.69, 9.17) is 11.6 Å². The monoisotopic (exact) mass is 349 g/mol. The Morgan fingerprint density at radius 2 is 2.31 bits per heavy atom. The van der Waals surface area contributed by atoms with E-state index in [0.717, 1.165) is 15.1 Å². The Balaban J connectivity index is 2.46. The number of rotatable bonds is 3. The van der Waals surface area contributed by atoms with Crippen LogP contribution in [0.1, 0.15) is 5.82 Å². The molecule has 0 bridgehead atoms. The Morgan fingerprint density at radius 1 is 1.50 bits per heavy atom. The predicted molar refractivity (Wildman–Crippen MR) is 69.6 cm³/mol. The maximum absolute atomic E-state index is 6.15. The summed E-state index contributed by atoms with van der Waals surface area (Å²) < 4.78 is 2.71. The van der Waals surface area contributed by atoms with Gasteiger partial charge in [-0.25, -0.2) is 0 Å². The highest BCUT2D eigenvalue weighted by Gasteiger charge is 2.10. The van der Waals surface area contributed by atoms with Crippen LogP contribution < -0.4 is 5.32 Å². The summed E-state index contributed by atoms with van der Waals surface area (Å²) in [4.78, 5) is 0. The summed E-state index contributed by atoms with van der Waals surface area (Å²) in [6.45, 7) is 0.593. The Kier molecular flexibility index (Phi) is 3.72. The van der Waals surface area contributed by atoms with E-state index in [1.54, 1.807) is 4.68 Å². The van der Waals surface area contributed by atoms with Gasteiger partial charge in [0.25, 0.3) is 0 Å². The van der Waals surface area contributed by atoms with Crippen molar-refractivity contribution in [2.75, 3.05) is 7.05 Å². The molecule has 5 nitrogen and oxygen atoms in total. The first kappa shape index (κ1) is 11.7. The van der Waals surface area contributed by atoms with Crippen LogP contribution in [-0.4, -0.2) is 27.3 Å². The summed E-state index contributed by atoms with van der Waals surface area (Å²) in [7, 11) is 1.84. The molecule has 0 aliphatic heterocycles. The van der Waals surface area contributed by atoms with Crippen molar-refractivity contribution in [2.24, 2.45) is 0 Å². The van der Waals surface area contributed by atoms with Gasteiger partial charge in [0.1, 0.15) is 0 Å². The number of aromatic nitrogens is 4. The van der Waals surface area contributed by atoms with Crippen LogP contribution in [0.5, 0.6) is 0 Å². The predicted octanol–water partition coefficient (Wildman–Crippen LogP) is 1.64. The fraction of sp³-hybridized carbons (Fsp3) is 0.222. The van der Waals surface area contributed by atoms with Crippen molar-refractivity contribution in [1.29, 1.82) is 0 Å². The van der Waals surface area contributed by atoms with Crippen LogP contribution in [0.15, 0.2) is 18.2 Å². The van der Waals surface area contributed by atoms with Gasteiger partial charge in [0.2, 0.25) is 0 Å². The highest BCUT2D eigenvalue weighted by Crippen LogP contribution is 2.22. The molecule has 0 unspecified atom stereocenters.